The van der Waals surface area contributed by atoms with Gasteiger partial charge >= 0.3 is 0 Å². The highest BCUT2D eigenvalue weighted by Crippen LogP contribution is 2.26. The molecule has 0 aliphatic heterocycles. The lowest BCUT2D eigenvalue weighted by molar-refractivity contribution is -0.118. The second-order valence-corrected chi connectivity index (χ2v) is 7.13. The second kappa shape index (κ2) is 7.63. The molecular weight excluding hydrogens is 368 g/mol. The fourth-order valence-corrected chi connectivity index (χ4v) is 3.76. The molecule has 5 nitrogen and oxygen atoms in total. The number of nitrogens with one attached hydrogen (secondary N) is 1. The van der Waals surface area contributed by atoms with Crippen molar-refractivity contribution in [1.29, 1.82) is 0 Å². The summed E-state index contributed by atoms with van der Waals surface area (Å²) in [6, 6.07) is 14.7. The maximum absolute atomic E-state index is 12.7. The third kappa shape index (κ3) is 3.58. The number of aromatic nitrogens is 1. The van der Waals surface area contributed by atoms with Crippen molar-refractivity contribution < 1.29 is 14.3 Å². The van der Waals surface area contributed by atoms with E-state index in [1.165, 1.54) is 31.6 Å². The molecule has 3 aromatic rings. The van der Waals surface area contributed by atoms with Gasteiger partial charge in [0.05, 0.1) is 28.6 Å². The lowest BCUT2D eigenvalue weighted by atomic mass is 10.1. The molecule has 1 N–H and O–H groups in total. The average molecular weight is 384 g/mol. The number of rotatable bonds is 5. The highest BCUT2D eigenvalue weighted by atomic mass is 32.1. The van der Waals surface area contributed by atoms with E-state index in [-0.39, 0.29) is 11.4 Å². The Bertz CT molecular complexity index is 1080. The number of hydrogen-bond acceptors (Lipinski definition) is 5. The summed E-state index contributed by atoms with van der Waals surface area (Å²) in [5.41, 5.74) is 1.35. The molecule has 0 bridgehead atoms. The zero-order valence-electron chi connectivity index (χ0n) is 14.2. The summed E-state index contributed by atoms with van der Waals surface area (Å²) in [6.45, 7) is 1.35. The molecule has 0 aliphatic carbocycles. The minimum atomic E-state index is -0.515. The predicted molar refractivity (Wildman–Crippen MR) is 107 cm³/mol. The quantitative estimate of drug-likeness (QED) is 0.304. The first-order chi connectivity index (χ1) is 12.5. The number of Topliss-reactive ketones (excluding diaryl/α,β-unsaturated/α-hetero) is 1. The molecule has 7 heteroatoms. The molecule has 2 aromatic carbocycles. The number of thiazole rings is 1. The Morgan fingerprint density at radius 3 is 2.58 bits per heavy atom. The van der Waals surface area contributed by atoms with Gasteiger partial charge in [0, 0.05) is 6.20 Å². The zero-order valence-corrected chi connectivity index (χ0v) is 15.8. The van der Waals surface area contributed by atoms with Crippen molar-refractivity contribution in [2.75, 3.05) is 12.4 Å². The summed E-state index contributed by atoms with van der Waals surface area (Å²) in [5.74, 6) is -0.352. The Morgan fingerprint density at radius 1 is 1.15 bits per heavy atom. The molecule has 0 spiro atoms. The summed E-state index contributed by atoms with van der Waals surface area (Å²) in [5, 5.41) is 2.73. The van der Waals surface area contributed by atoms with E-state index < -0.39 is 5.91 Å². The van der Waals surface area contributed by atoms with E-state index in [0.29, 0.717) is 15.4 Å². The van der Waals surface area contributed by atoms with Crippen LogP contribution in [0, 0.1) is 3.95 Å². The predicted octanol–water partition coefficient (Wildman–Crippen LogP) is 4.51. The van der Waals surface area contributed by atoms with Gasteiger partial charge in [0.1, 0.15) is 5.75 Å². The van der Waals surface area contributed by atoms with Gasteiger partial charge in [-0.25, -0.2) is 0 Å². The monoisotopic (exact) mass is 384 g/mol. The number of fused-ring (bicyclic) bond motifs is 1. The summed E-state index contributed by atoms with van der Waals surface area (Å²) >= 11 is 6.81. The van der Waals surface area contributed by atoms with Gasteiger partial charge in [-0.15, -0.1) is 11.3 Å². The molecule has 0 saturated carbocycles. The first kappa shape index (κ1) is 18.0. The number of anilines is 1. The molecule has 3 rings (SSSR count). The van der Waals surface area contributed by atoms with Crippen LogP contribution in [0.1, 0.15) is 6.92 Å². The highest BCUT2D eigenvalue weighted by Gasteiger charge is 2.17. The Morgan fingerprint density at radius 2 is 1.85 bits per heavy atom. The Balaban J connectivity index is 2.02. The van der Waals surface area contributed by atoms with Gasteiger partial charge in [-0.3, -0.25) is 14.2 Å². The average Bonchev–Trinajstić information content (AvgIpc) is 2.94. The van der Waals surface area contributed by atoms with Crippen molar-refractivity contribution in [3.8, 4) is 5.75 Å². The molecule has 0 atom stereocenters. The smallest absolute Gasteiger partial charge is 0.260 e. The van der Waals surface area contributed by atoms with Crippen LogP contribution in [0.4, 0.5) is 5.69 Å². The van der Waals surface area contributed by atoms with Crippen LogP contribution in [0.3, 0.4) is 0 Å². The van der Waals surface area contributed by atoms with Crippen molar-refractivity contribution in [3.05, 3.63) is 58.1 Å². The molecule has 1 amide bonds. The minimum Gasteiger partial charge on any atom is -0.495 e. The van der Waals surface area contributed by atoms with Crippen molar-refractivity contribution in [2.45, 2.75) is 6.92 Å². The number of ether oxygens (including phenoxy) is 1. The van der Waals surface area contributed by atoms with Crippen LogP contribution >= 0.6 is 23.6 Å². The van der Waals surface area contributed by atoms with Crippen molar-refractivity contribution in [1.82, 2.24) is 4.57 Å². The van der Waals surface area contributed by atoms with Crippen LogP contribution < -0.4 is 10.1 Å². The first-order valence-electron chi connectivity index (χ1n) is 7.78. The standard InChI is InChI=1S/C19H16N2O3S2/c1-12(22)13(18(23)20-14-7-3-5-9-16(14)24-2)11-21-15-8-4-6-10-17(15)26-19(21)25/h3-11H,1-2H3,(H,20,23)/b13-11+. The van der Waals surface area contributed by atoms with E-state index in [1.807, 2.05) is 24.3 Å². The number of carbonyl (C=O) groups is 2. The number of hydrogen-bond donors (Lipinski definition) is 1. The van der Waals surface area contributed by atoms with Crippen LogP contribution in [0.15, 0.2) is 54.1 Å². The maximum Gasteiger partial charge on any atom is 0.260 e. The molecule has 0 unspecified atom stereocenters. The Kier molecular flexibility index (Phi) is 5.29. The molecular formula is C19H16N2O3S2. The highest BCUT2D eigenvalue weighted by molar-refractivity contribution is 7.73. The molecule has 0 aliphatic rings. The van der Waals surface area contributed by atoms with Gasteiger partial charge in [0.15, 0.2) is 9.74 Å². The molecule has 0 radical (unpaired) electrons. The summed E-state index contributed by atoms with van der Waals surface area (Å²) in [4.78, 5) is 24.8. The first-order valence-corrected chi connectivity index (χ1v) is 9.01. The third-order valence-corrected chi connectivity index (χ3v) is 5.14. The van der Waals surface area contributed by atoms with Crippen LogP contribution in [0.5, 0.6) is 5.75 Å². The summed E-state index contributed by atoms with van der Waals surface area (Å²) < 4.78 is 8.47. The molecule has 1 aromatic heterocycles. The molecule has 1 heterocycles. The van der Waals surface area contributed by atoms with Crippen LogP contribution in [0.25, 0.3) is 16.4 Å². The Hall–Kier alpha value is -2.77. The SMILES string of the molecule is COc1ccccc1NC(=O)/C(=C/n1c(=S)sc2ccccc21)C(C)=O. The van der Waals surface area contributed by atoms with Gasteiger partial charge in [0.25, 0.3) is 5.91 Å². The van der Waals surface area contributed by atoms with Crippen molar-refractivity contribution >= 4 is 57.3 Å². The van der Waals surface area contributed by atoms with E-state index >= 15 is 0 Å². The number of para-hydroxylation sites is 3. The molecule has 0 fully saturated rings. The number of ketones is 1. The van der Waals surface area contributed by atoms with Crippen molar-refractivity contribution in [3.63, 3.8) is 0 Å². The molecule has 26 heavy (non-hydrogen) atoms. The lowest BCUT2D eigenvalue weighted by Crippen LogP contribution is -2.20. The molecule has 0 saturated heterocycles. The largest absolute Gasteiger partial charge is 0.495 e. The summed E-state index contributed by atoms with van der Waals surface area (Å²) in [6.07, 6.45) is 1.49. The van der Waals surface area contributed by atoms with E-state index in [4.69, 9.17) is 17.0 Å². The topological polar surface area (TPSA) is 60.3 Å². The fraction of sp³-hybridized carbons (Fsp3) is 0.105. The maximum atomic E-state index is 12.7. The zero-order chi connectivity index (χ0) is 18.7. The second-order valence-electron chi connectivity index (χ2n) is 5.46. The van der Waals surface area contributed by atoms with Crippen LogP contribution in [-0.4, -0.2) is 23.4 Å². The van der Waals surface area contributed by atoms with E-state index in [2.05, 4.69) is 5.32 Å². The fourth-order valence-electron chi connectivity index (χ4n) is 2.48. The normalized spacial score (nSPS) is 11.4. The van der Waals surface area contributed by atoms with Gasteiger partial charge in [-0.1, -0.05) is 24.3 Å². The van der Waals surface area contributed by atoms with E-state index in [9.17, 15) is 9.59 Å². The van der Waals surface area contributed by atoms with Crippen molar-refractivity contribution in [2.24, 2.45) is 0 Å². The summed E-state index contributed by atoms with van der Waals surface area (Å²) in [7, 11) is 1.52. The van der Waals surface area contributed by atoms with Crippen LogP contribution in [0.2, 0.25) is 0 Å². The number of methoxy groups -OCH3 is 1. The van der Waals surface area contributed by atoms with Gasteiger partial charge in [-0.2, -0.15) is 0 Å². The lowest BCUT2D eigenvalue weighted by Gasteiger charge is -2.11. The van der Waals surface area contributed by atoms with Gasteiger partial charge in [0.2, 0.25) is 0 Å². The minimum absolute atomic E-state index is 0.00978. The molecule has 132 valence electrons. The number of nitrogens with zero attached hydrogens (tertiary/aromatic N) is 1. The van der Waals surface area contributed by atoms with E-state index in [1.54, 1.807) is 28.8 Å². The number of carbonyl (C=O) groups excluding carboxylic acids is 2. The van der Waals surface area contributed by atoms with Crippen LogP contribution in [-0.2, 0) is 9.59 Å². The Labute approximate surface area is 159 Å². The number of amides is 1. The third-order valence-electron chi connectivity index (χ3n) is 3.76. The number of benzene rings is 2. The van der Waals surface area contributed by atoms with Gasteiger partial charge < -0.3 is 10.1 Å². The van der Waals surface area contributed by atoms with Gasteiger partial charge in [-0.05, 0) is 43.4 Å². The van der Waals surface area contributed by atoms with E-state index in [0.717, 1.165) is 10.2 Å².